The molecule has 1 aromatic carbocycles. The number of benzene rings is 1. The molecule has 1 saturated carbocycles. The van der Waals surface area contributed by atoms with E-state index in [-0.39, 0.29) is 17.6 Å². The molecule has 2 atom stereocenters. The summed E-state index contributed by atoms with van der Waals surface area (Å²) in [6.45, 7) is 5.21. The lowest BCUT2D eigenvalue weighted by atomic mass is 10.1. The number of likely N-dealkylation sites (tertiary alicyclic amines) is 2. The summed E-state index contributed by atoms with van der Waals surface area (Å²) in [5.41, 5.74) is 4.85. The molecule has 7 rings (SSSR count). The third-order valence-corrected chi connectivity index (χ3v) is 9.43. The zero-order chi connectivity index (χ0) is 29.5. The molecule has 0 radical (unpaired) electrons. The molecule has 3 aliphatic rings. The van der Waals surface area contributed by atoms with Gasteiger partial charge in [0.15, 0.2) is 0 Å². The van der Waals surface area contributed by atoms with Crippen LogP contribution in [0.15, 0.2) is 47.5 Å². The zero-order valence-electron chi connectivity index (χ0n) is 25.4. The van der Waals surface area contributed by atoms with Gasteiger partial charge in [-0.15, -0.1) is 0 Å². The minimum absolute atomic E-state index is 0.0374. The number of fused-ring (bicyclic) bond motifs is 1. The zero-order valence-corrected chi connectivity index (χ0v) is 25.4. The Labute approximate surface area is 252 Å². The first-order valence-corrected chi connectivity index (χ1v) is 15.7. The molecule has 2 unspecified atom stereocenters. The van der Waals surface area contributed by atoms with E-state index in [1.165, 1.54) is 0 Å². The maximum Gasteiger partial charge on any atom is 0.261 e. The van der Waals surface area contributed by atoms with Gasteiger partial charge < -0.3 is 15.5 Å². The minimum Gasteiger partial charge on any atom is -0.381 e. The smallest absolute Gasteiger partial charge is 0.261 e. The van der Waals surface area contributed by atoms with Crippen LogP contribution in [0, 0.1) is 6.92 Å². The van der Waals surface area contributed by atoms with Gasteiger partial charge in [-0.3, -0.25) is 14.3 Å². The third kappa shape index (κ3) is 5.61. The molecule has 2 N–H and O–H groups in total. The number of nitrogens with one attached hydrogen (secondary N) is 2. The Morgan fingerprint density at radius 2 is 1.67 bits per heavy atom. The molecular formula is C33H41N9O. The van der Waals surface area contributed by atoms with Crippen molar-refractivity contribution in [2.24, 2.45) is 0 Å². The summed E-state index contributed by atoms with van der Waals surface area (Å²) in [6, 6.07) is 11.0. The molecule has 4 aromatic rings. The van der Waals surface area contributed by atoms with Crippen molar-refractivity contribution in [2.45, 2.75) is 70.0 Å². The Kier molecular flexibility index (Phi) is 7.56. The molecule has 10 nitrogen and oxygen atoms in total. The van der Waals surface area contributed by atoms with Gasteiger partial charge in [0.05, 0.1) is 17.3 Å². The van der Waals surface area contributed by atoms with Crippen molar-refractivity contribution in [1.82, 2.24) is 34.3 Å². The van der Waals surface area contributed by atoms with Crippen LogP contribution < -0.4 is 16.2 Å². The maximum atomic E-state index is 14.3. The summed E-state index contributed by atoms with van der Waals surface area (Å²) >= 11 is 0. The van der Waals surface area contributed by atoms with Gasteiger partial charge >= 0.3 is 0 Å². The number of likely N-dealkylation sites (N-methyl/N-ethyl adjacent to an activating group) is 1. The molecule has 224 valence electrons. The Bertz CT molecular complexity index is 1680. The Hall–Kier alpha value is -3.89. The lowest BCUT2D eigenvalue weighted by Gasteiger charge is -2.20. The van der Waals surface area contributed by atoms with Crippen LogP contribution in [0.4, 0.5) is 17.3 Å². The molecule has 0 bridgehead atoms. The highest BCUT2D eigenvalue weighted by atomic mass is 16.1. The Balaban J connectivity index is 1.22. The van der Waals surface area contributed by atoms with Crippen LogP contribution in [-0.4, -0.2) is 74.1 Å². The van der Waals surface area contributed by atoms with Gasteiger partial charge in [0.1, 0.15) is 11.5 Å². The van der Waals surface area contributed by atoms with Crippen LogP contribution in [0.2, 0.25) is 0 Å². The van der Waals surface area contributed by atoms with E-state index in [9.17, 15) is 4.79 Å². The number of pyridine rings is 1. The number of hydrogen-bond acceptors (Lipinski definition) is 9. The van der Waals surface area contributed by atoms with Gasteiger partial charge in [0.2, 0.25) is 5.95 Å². The Morgan fingerprint density at radius 1 is 0.884 bits per heavy atom. The molecule has 3 fully saturated rings. The van der Waals surface area contributed by atoms with Crippen LogP contribution >= 0.6 is 0 Å². The van der Waals surface area contributed by atoms with Gasteiger partial charge in [0.25, 0.3) is 5.56 Å². The lowest BCUT2D eigenvalue weighted by Crippen LogP contribution is -2.27. The van der Waals surface area contributed by atoms with Crippen molar-refractivity contribution in [3.8, 4) is 11.3 Å². The molecule has 2 aliphatic heterocycles. The molecule has 0 spiro atoms. The topological polar surface area (TPSA) is 104 Å². The fraction of sp³-hybridized carbons (Fsp3) is 0.485. The van der Waals surface area contributed by atoms with Crippen molar-refractivity contribution in [2.75, 3.05) is 44.4 Å². The van der Waals surface area contributed by atoms with Gasteiger partial charge in [-0.05, 0) is 102 Å². The van der Waals surface area contributed by atoms with Crippen molar-refractivity contribution >= 4 is 28.4 Å². The summed E-state index contributed by atoms with van der Waals surface area (Å²) in [5, 5.41) is 7.82. The molecule has 2 saturated heterocycles. The second-order valence-corrected chi connectivity index (χ2v) is 12.6. The summed E-state index contributed by atoms with van der Waals surface area (Å²) in [5.74, 6) is 1.27. The summed E-state index contributed by atoms with van der Waals surface area (Å²) < 4.78 is 1.92. The summed E-state index contributed by atoms with van der Waals surface area (Å²) in [6.07, 6.45) is 11.2. The van der Waals surface area contributed by atoms with E-state index in [4.69, 9.17) is 9.97 Å². The molecule has 10 heteroatoms. The molecular weight excluding hydrogens is 538 g/mol. The number of nitrogens with zero attached hydrogens (tertiary/aromatic N) is 7. The SMILES string of the molecule is Cc1cnc(C2CCCN2C)nc1-c1cc2cnc(Nc3ccc(NC4CCN(C)C4)cc3)nc2n(C2CCCC2)c1=O. The number of rotatable bonds is 7. The standard InChI is InChI=1S/C33H41N9O/c1-21-18-34-30(28-9-6-15-41(28)3)38-29(21)27-17-22-19-35-33(39-31(22)42(32(27)43)26-7-4-5-8-26)37-24-12-10-23(11-13-24)36-25-14-16-40(2)20-25/h10-13,17-19,25-26,28,36H,4-9,14-16,20H2,1-3H3,(H,35,37,39). The number of aromatic nitrogens is 5. The largest absolute Gasteiger partial charge is 0.381 e. The predicted molar refractivity (Wildman–Crippen MR) is 171 cm³/mol. The monoisotopic (exact) mass is 579 g/mol. The van der Waals surface area contributed by atoms with Gasteiger partial charge in [0, 0.05) is 47.8 Å². The first-order chi connectivity index (χ1) is 20.9. The summed E-state index contributed by atoms with van der Waals surface area (Å²) in [4.78, 5) is 38.2. The van der Waals surface area contributed by atoms with Crippen molar-refractivity contribution in [3.05, 3.63) is 64.5 Å². The highest BCUT2D eigenvalue weighted by Crippen LogP contribution is 2.34. The number of aryl methyl sites for hydroxylation is 1. The van der Waals surface area contributed by atoms with E-state index < -0.39 is 0 Å². The molecule has 5 heterocycles. The van der Waals surface area contributed by atoms with Gasteiger partial charge in [-0.25, -0.2) is 15.0 Å². The van der Waals surface area contributed by atoms with Crippen LogP contribution in [0.3, 0.4) is 0 Å². The van der Waals surface area contributed by atoms with Crippen LogP contribution in [0.25, 0.3) is 22.3 Å². The van der Waals surface area contributed by atoms with Crippen molar-refractivity contribution in [1.29, 1.82) is 0 Å². The second kappa shape index (κ2) is 11.7. The van der Waals surface area contributed by atoms with Crippen LogP contribution in [0.5, 0.6) is 0 Å². The Morgan fingerprint density at radius 3 is 2.40 bits per heavy atom. The normalized spacial score (nSPS) is 21.7. The average molecular weight is 580 g/mol. The van der Waals surface area contributed by atoms with Crippen LogP contribution in [-0.2, 0) is 0 Å². The van der Waals surface area contributed by atoms with E-state index in [2.05, 4.69) is 56.6 Å². The van der Waals surface area contributed by atoms with Crippen molar-refractivity contribution in [3.63, 3.8) is 0 Å². The van der Waals surface area contributed by atoms with Crippen LogP contribution in [0.1, 0.15) is 68.4 Å². The molecule has 0 amide bonds. The molecule has 1 aliphatic carbocycles. The van der Waals surface area contributed by atoms with E-state index >= 15 is 0 Å². The fourth-order valence-corrected chi connectivity index (χ4v) is 7.04. The number of anilines is 3. The van der Waals surface area contributed by atoms with E-state index in [0.717, 1.165) is 92.7 Å². The highest BCUT2D eigenvalue weighted by Gasteiger charge is 2.28. The van der Waals surface area contributed by atoms with E-state index in [1.807, 2.05) is 42.1 Å². The minimum atomic E-state index is -0.0374. The van der Waals surface area contributed by atoms with E-state index in [0.29, 0.717) is 28.9 Å². The van der Waals surface area contributed by atoms with Gasteiger partial charge in [-0.2, -0.15) is 4.98 Å². The average Bonchev–Trinajstić information content (AvgIpc) is 3.78. The quantitative estimate of drug-likeness (QED) is 0.302. The maximum absolute atomic E-state index is 14.3. The van der Waals surface area contributed by atoms with E-state index in [1.54, 1.807) is 0 Å². The highest BCUT2D eigenvalue weighted by molar-refractivity contribution is 5.82. The molecule has 3 aromatic heterocycles. The number of hydrogen-bond donors (Lipinski definition) is 2. The van der Waals surface area contributed by atoms with Gasteiger partial charge in [-0.1, -0.05) is 12.8 Å². The molecule has 43 heavy (non-hydrogen) atoms. The lowest BCUT2D eigenvalue weighted by molar-refractivity contribution is 0.305. The van der Waals surface area contributed by atoms with Crippen molar-refractivity contribution < 1.29 is 0 Å². The third-order valence-electron chi connectivity index (χ3n) is 9.43. The first kappa shape index (κ1) is 27.9. The predicted octanol–water partition coefficient (Wildman–Crippen LogP) is 5.30. The first-order valence-electron chi connectivity index (χ1n) is 15.7. The summed E-state index contributed by atoms with van der Waals surface area (Å²) in [7, 11) is 4.28. The second-order valence-electron chi connectivity index (χ2n) is 12.6. The fourth-order valence-electron chi connectivity index (χ4n) is 7.04.